The van der Waals surface area contributed by atoms with Gasteiger partial charge in [-0.05, 0) is 36.8 Å². The zero-order chi connectivity index (χ0) is 22.2. The molecule has 5 heteroatoms. The Labute approximate surface area is 195 Å². The van der Waals surface area contributed by atoms with E-state index in [1.165, 1.54) is 50.7 Å². The van der Waals surface area contributed by atoms with Crippen LogP contribution in [0.4, 0.5) is 5.69 Å². The molecule has 0 fully saturated rings. The summed E-state index contributed by atoms with van der Waals surface area (Å²) < 4.78 is 0. The fourth-order valence-electron chi connectivity index (χ4n) is 3.97. The van der Waals surface area contributed by atoms with Gasteiger partial charge < -0.3 is 4.90 Å². The molecule has 0 spiro atoms. The number of para-hydroxylation sites is 1. The minimum atomic E-state index is -0.297. The fourth-order valence-corrected chi connectivity index (χ4v) is 4.47. The van der Waals surface area contributed by atoms with E-state index in [0.29, 0.717) is 22.7 Å². The molecule has 3 rings (SSSR count). The number of unbranched alkanes of at least 4 members (excludes halogenated alkanes) is 7. The number of allylic oxidation sites excluding steroid dienone is 1. The summed E-state index contributed by atoms with van der Waals surface area (Å²) in [7, 11) is 0. The van der Waals surface area contributed by atoms with Crippen molar-refractivity contribution in [2.45, 2.75) is 58.3 Å². The lowest BCUT2D eigenvalue weighted by Gasteiger charge is -2.16. The molecule has 0 saturated carbocycles. The third-order valence-corrected chi connectivity index (χ3v) is 6.22. The monoisotopic (exact) mass is 457 g/mol. The first-order valence-corrected chi connectivity index (χ1v) is 11.9. The van der Waals surface area contributed by atoms with Crippen molar-refractivity contribution in [2.75, 3.05) is 11.4 Å². The van der Waals surface area contributed by atoms with Gasteiger partial charge in [0.25, 0.3) is 5.91 Å². The van der Waals surface area contributed by atoms with Crippen LogP contribution in [0.1, 0.15) is 74.2 Å². The molecular weight excluding hydrogens is 429 g/mol. The number of amides is 1. The molecule has 1 heterocycles. The van der Waals surface area contributed by atoms with Crippen molar-refractivity contribution in [3.63, 3.8) is 0 Å². The lowest BCUT2D eigenvalue weighted by atomic mass is 10.0. The Balaban J connectivity index is 1.67. The van der Waals surface area contributed by atoms with Crippen molar-refractivity contribution >= 4 is 46.2 Å². The number of hydrogen-bond donors (Lipinski definition) is 0. The van der Waals surface area contributed by atoms with Crippen molar-refractivity contribution in [1.82, 2.24) is 0 Å². The number of hydrogen-bond acceptors (Lipinski definition) is 2. The number of nitrogens with zero attached hydrogens (tertiary/aromatic N) is 1. The Bertz CT molecular complexity index is 968. The predicted octanol–water partition coefficient (Wildman–Crippen LogP) is 7.75. The van der Waals surface area contributed by atoms with Crippen LogP contribution in [0.15, 0.2) is 48.5 Å². The molecule has 0 bridgehead atoms. The van der Waals surface area contributed by atoms with Gasteiger partial charge in [0.05, 0.1) is 16.3 Å². The van der Waals surface area contributed by atoms with Gasteiger partial charge in [0.2, 0.25) is 0 Å². The predicted molar refractivity (Wildman–Crippen MR) is 130 cm³/mol. The van der Waals surface area contributed by atoms with Crippen molar-refractivity contribution in [3.8, 4) is 0 Å². The maximum absolute atomic E-state index is 13.2. The topological polar surface area (TPSA) is 37.4 Å². The molecule has 3 nitrogen and oxygen atoms in total. The largest absolute Gasteiger partial charge is 0.308 e. The number of benzene rings is 2. The van der Waals surface area contributed by atoms with Crippen LogP contribution in [-0.2, 0) is 4.79 Å². The average Bonchev–Trinajstić information content (AvgIpc) is 3.01. The Morgan fingerprint density at radius 3 is 2.32 bits per heavy atom. The van der Waals surface area contributed by atoms with Gasteiger partial charge in [-0.1, -0.05) is 93.3 Å². The zero-order valence-electron chi connectivity index (χ0n) is 18.0. The third kappa shape index (κ3) is 5.99. The highest BCUT2D eigenvalue weighted by molar-refractivity contribution is 6.39. The number of carbonyl (C=O) groups excluding carboxylic acids is 2. The quantitative estimate of drug-likeness (QED) is 0.196. The summed E-state index contributed by atoms with van der Waals surface area (Å²) >= 11 is 12.1. The molecule has 0 aromatic heterocycles. The fraction of sp³-hybridized carbons (Fsp3) is 0.385. The number of anilines is 1. The van der Waals surface area contributed by atoms with E-state index in [1.807, 2.05) is 24.3 Å². The molecule has 0 aliphatic carbocycles. The molecule has 0 N–H and O–H groups in total. The normalized spacial score (nSPS) is 14.4. The number of fused-ring (bicyclic) bond motifs is 1. The third-order valence-electron chi connectivity index (χ3n) is 5.67. The van der Waals surface area contributed by atoms with Crippen LogP contribution in [-0.4, -0.2) is 18.2 Å². The van der Waals surface area contributed by atoms with Crippen LogP contribution < -0.4 is 4.90 Å². The highest BCUT2D eigenvalue weighted by Crippen LogP contribution is 2.37. The van der Waals surface area contributed by atoms with E-state index in [-0.39, 0.29) is 16.7 Å². The van der Waals surface area contributed by atoms with E-state index in [1.54, 1.807) is 17.0 Å². The van der Waals surface area contributed by atoms with Gasteiger partial charge in [-0.25, -0.2) is 0 Å². The number of halogens is 2. The molecular formula is C26H29Cl2NO2. The smallest absolute Gasteiger partial charge is 0.259 e. The van der Waals surface area contributed by atoms with E-state index in [9.17, 15) is 9.59 Å². The van der Waals surface area contributed by atoms with Gasteiger partial charge >= 0.3 is 0 Å². The summed E-state index contributed by atoms with van der Waals surface area (Å²) in [6.07, 6.45) is 11.1. The second-order valence-electron chi connectivity index (χ2n) is 8.00. The van der Waals surface area contributed by atoms with Crippen LogP contribution in [0.3, 0.4) is 0 Å². The Morgan fingerprint density at radius 2 is 1.61 bits per heavy atom. The van der Waals surface area contributed by atoms with E-state index in [4.69, 9.17) is 23.2 Å². The molecule has 1 aliphatic rings. The van der Waals surface area contributed by atoms with Gasteiger partial charge in [-0.3, -0.25) is 9.59 Å². The lowest BCUT2D eigenvalue weighted by molar-refractivity contribution is -0.113. The van der Waals surface area contributed by atoms with Gasteiger partial charge in [-0.15, -0.1) is 0 Å². The molecule has 0 unspecified atom stereocenters. The van der Waals surface area contributed by atoms with Crippen LogP contribution in [0, 0.1) is 0 Å². The summed E-state index contributed by atoms with van der Waals surface area (Å²) in [5, 5.41) is 0.747. The SMILES string of the molecule is CCCCCCCCCCN1C(=O)C(=CC(=O)c2ccc(Cl)cc2Cl)c2ccccc21. The Hall–Kier alpha value is -2.10. The standard InChI is InChI=1S/C26H29Cl2NO2/c1-2-3-4-5-6-7-8-11-16-29-24-13-10-9-12-20(24)22(26(29)31)18-25(30)21-15-14-19(27)17-23(21)28/h9-10,12-15,17-18H,2-8,11,16H2,1H3. The van der Waals surface area contributed by atoms with Gasteiger partial charge in [0.15, 0.2) is 5.78 Å². The van der Waals surface area contributed by atoms with E-state index in [2.05, 4.69) is 6.92 Å². The average molecular weight is 458 g/mol. The van der Waals surface area contributed by atoms with Crippen LogP contribution >= 0.6 is 23.2 Å². The first kappa shape index (κ1) is 23.6. The Kier molecular flexibility index (Phi) is 8.74. The van der Waals surface area contributed by atoms with E-state index >= 15 is 0 Å². The lowest BCUT2D eigenvalue weighted by Crippen LogP contribution is -2.27. The van der Waals surface area contributed by atoms with Gasteiger partial charge in [-0.2, -0.15) is 0 Å². The Morgan fingerprint density at radius 1 is 0.935 bits per heavy atom. The molecule has 0 saturated heterocycles. The minimum Gasteiger partial charge on any atom is -0.308 e. The first-order valence-electron chi connectivity index (χ1n) is 11.1. The van der Waals surface area contributed by atoms with Crippen molar-refractivity contribution < 1.29 is 9.59 Å². The summed E-state index contributed by atoms with van der Waals surface area (Å²) in [6, 6.07) is 12.4. The first-order chi connectivity index (χ1) is 15.0. The summed E-state index contributed by atoms with van der Waals surface area (Å²) in [5.41, 5.74) is 2.43. The molecule has 0 radical (unpaired) electrons. The van der Waals surface area contributed by atoms with Crippen LogP contribution in [0.2, 0.25) is 10.0 Å². The summed E-state index contributed by atoms with van der Waals surface area (Å²) in [5.74, 6) is -0.420. The second-order valence-corrected chi connectivity index (χ2v) is 8.84. The number of rotatable bonds is 11. The van der Waals surface area contributed by atoms with E-state index < -0.39 is 0 Å². The highest BCUT2D eigenvalue weighted by atomic mass is 35.5. The molecule has 1 aliphatic heterocycles. The molecule has 31 heavy (non-hydrogen) atoms. The molecule has 164 valence electrons. The molecule has 0 atom stereocenters. The zero-order valence-corrected chi connectivity index (χ0v) is 19.5. The highest BCUT2D eigenvalue weighted by Gasteiger charge is 2.32. The summed E-state index contributed by atoms with van der Waals surface area (Å²) in [6.45, 7) is 2.89. The van der Waals surface area contributed by atoms with Crippen LogP contribution in [0.5, 0.6) is 0 Å². The van der Waals surface area contributed by atoms with Gasteiger partial charge in [0, 0.05) is 22.7 Å². The summed E-state index contributed by atoms with van der Waals surface area (Å²) in [4.78, 5) is 27.8. The van der Waals surface area contributed by atoms with E-state index in [0.717, 1.165) is 24.1 Å². The second kappa shape index (κ2) is 11.5. The van der Waals surface area contributed by atoms with Crippen molar-refractivity contribution in [2.24, 2.45) is 0 Å². The van der Waals surface area contributed by atoms with Crippen LogP contribution in [0.25, 0.3) is 5.57 Å². The minimum absolute atomic E-state index is 0.123. The molecule has 2 aromatic carbocycles. The molecule has 2 aromatic rings. The molecule has 1 amide bonds. The van der Waals surface area contributed by atoms with Crippen molar-refractivity contribution in [1.29, 1.82) is 0 Å². The maximum Gasteiger partial charge on any atom is 0.259 e. The van der Waals surface area contributed by atoms with Crippen molar-refractivity contribution in [3.05, 3.63) is 69.7 Å². The number of carbonyl (C=O) groups is 2. The number of ketones is 1. The maximum atomic E-state index is 13.2. The van der Waals surface area contributed by atoms with Gasteiger partial charge in [0.1, 0.15) is 0 Å².